The Balaban J connectivity index is 1.70. The van der Waals surface area contributed by atoms with Crippen LogP contribution in [0.25, 0.3) is 0 Å². The minimum Gasteiger partial charge on any atom is -0.493 e. The molecule has 110 valence electrons. The van der Waals surface area contributed by atoms with Crippen LogP contribution in [0, 0.1) is 0 Å². The molecule has 0 radical (unpaired) electrons. The number of hydrogen-bond donors (Lipinski definition) is 0. The Hall–Kier alpha value is -2.14. The van der Waals surface area contributed by atoms with E-state index in [9.17, 15) is 4.79 Å². The summed E-state index contributed by atoms with van der Waals surface area (Å²) in [5.41, 5.74) is 0.660. The summed E-state index contributed by atoms with van der Waals surface area (Å²) in [6.45, 7) is 5.35. The Morgan fingerprint density at radius 3 is 3.05 bits per heavy atom. The van der Waals surface area contributed by atoms with Crippen LogP contribution in [0.4, 0.5) is 0 Å². The third-order valence-corrected chi connectivity index (χ3v) is 3.68. The molecule has 5 heteroatoms. The highest BCUT2D eigenvalue weighted by Gasteiger charge is 2.21. The topological polar surface area (TPSA) is 47.4 Å². The molecule has 1 aliphatic heterocycles. The summed E-state index contributed by atoms with van der Waals surface area (Å²) in [5, 5.41) is 0. The lowest BCUT2D eigenvalue weighted by Gasteiger charge is -2.27. The van der Waals surface area contributed by atoms with E-state index in [0.29, 0.717) is 24.5 Å². The number of carbonyl (C=O) groups excluding carboxylic acids is 1. The fourth-order valence-corrected chi connectivity index (χ4v) is 2.63. The van der Waals surface area contributed by atoms with Crippen molar-refractivity contribution in [1.29, 1.82) is 0 Å². The fourth-order valence-electron chi connectivity index (χ4n) is 2.63. The van der Waals surface area contributed by atoms with Crippen molar-refractivity contribution in [1.82, 2.24) is 14.5 Å². The Labute approximate surface area is 124 Å². The van der Waals surface area contributed by atoms with Gasteiger partial charge in [0.15, 0.2) is 5.78 Å². The highest BCUT2D eigenvalue weighted by molar-refractivity contribution is 6.00. The van der Waals surface area contributed by atoms with E-state index in [1.807, 2.05) is 43.6 Å². The van der Waals surface area contributed by atoms with E-state index < -0.39 is 0 Å². The third kappa shape index (κ3) is 2.97. The number of nitrogens with zero attached hydrogens (tertiary/aromatic N) is 3. The molecule has 1 aromatic carbocycles. The van der Waals surface area contributed by atoms with Crippen molar-refractivity contribution in [2.45, 2.75) is 20.0 Å². The van der Waals surface area contributed by atoms with E-state index in [1.165, 1.54) is 0 Å². The number of para-hydroxylation sites is 1. The van der Waals surface area contributed by atoms with Crippen LogP contribution in [0.1, 0.15) is 23.1 Å². The number of benzene rings is 1. The van der Waals surface area contributed by atoms with E-state index in [1.54, 1.807) is 0 Å². The van der Waals surface area contributed by atoms with Gasteiger partial charge in [-0.25, -0.2) is 4.98 Å². The zero-order valence-electron chi connectivity index (χ0n) is 12.2. The van der Waals surface area contributed by atoms with E-state index in [4.69, 9.17) is 4.74 Å². The Bertz CT molecular complexity index is 636. The van der Waals surface area contributed by atoms with Gasteiger partial charge in [0.2, 0.25) is 0 Å². The fraction of sp³-hybridized carbons (Fsp3) is 0.375. The van der Waals surface area contributed by atoms with Crippen molar-refractivity contribution in [3.63, 3.8) is 0 Å². The molecule has 0 spiro atoms. The quantitative estimate of drug-likeness (QED) is 0.788. The maximum atomic E-state index is 12.5. The van der Waals surface area contributed by atoms with Crippen LogP contribution in [0.2, 0.25) is 0 Å². The summed E-state index contributed by atoms with van der Waals surface area (Å²) in [4.78, 5) is 19.0. The van der Waals surface area contributed by atoms with Crippen molar-refractivity contribution in [3.8, 4) is 5.75 Å². The number of ketones is 1. The summed E-state index contributed by atoms with van der Waals surface area (Å²) >= 11 is 0. The third-order valence-electron chi connectivity index (χ3n) is 3.68. The molecule has 0 amide bonds. The smallest absolute Gasteiger partial charge is 0.180 e. The number of imidazole rings is 1. The van der Waals surface area contributed by atoms with E-state index in [2.05, 4.69) is 14.5 Å². The van der Waals surface area contributed by atoms with E-state index >= 15 is 0 Å². The molecule has 0 saturated carbocycles. The van der Waals surface area contributed by atoms with Crippen LogP contribution >= 0.6 is 0 Å². The second kappa shape index (κ2) is 6.10. The first-order chi connectivity index (χ1) is 10.3. The molecule has 1 aromatic heterocycles. The second-order valence-corrected chi connectivity index (χ2v) is 5.10. The number of Topliss-reactive ketones (excluding diaryl/α,β-unsaturated/α-hetero) is 1. The van der Waals surface area contributed by atoms with Gasteiger partial charge in [0.1, 0.15) is 11.6 Å². The van der Waals surface area contributed by atoms with Gasteiger partial charge in [-0.1, -0.05) is 12.1 Å². The minimum atomic E-state index is 0.0963. The van der Waals surface area contributed by atoms with Gasteiger partial charge < -0.3 is 9.30 Å². The van der Waals surface area contributed by atoms with Crippen molar-refractivity contribution in [3.05, 3.63) is 48.0 Å². The van der Waals surface area contributed by atoms with Crippen molar-refractivity contribution in [2.75, 3.05) is 19.7 Å². The first-order valence-corrected chi connectivity index (χ1v) is 7.25. The molecule has 5 nitrogen and oxygen atoms in total. The van der Waals surface area contributed by atoms with E-state index in [0.717, 1.165) is 25.5 Å². The molecule has 1 aliphatic rings. The molecule has 3 rings (SSSR count). The highest BCUT2D eigenvalue weighted by atomic mass is 16.5. The average molecular weight is 285 g/mol. The van der Waals surface area contributed by atoms with Crippen molar-refractivity contribution >= 4 is 5.78 Å². The summed E-state index contributed by atoms with van der Waals surface area (Å²) in [6, 6.07) is 7.44. The SMILES string of the molecule is CCOc1ccccc1C(=O)CN1CCn2ccnc2C1. The molecule has 0 unspecified atom stereocenters. The van der Waals surface area contributed by atoms with Gasteiger partial charge in [0.05, 0.1) is 25.3 Å². The predicted molar refractivity (Wildman–Crippen MR) is 79.4 cm³/mol. The van der Waals surface area contributed by atoms with Crippen LogP contribution in [-0.4, -0.2) is 39.9 Å². The zero-order chi connectivity index (χ0) is 14.7. The van der Waals surface area contributed by atoms with Crippen LogP contribution < -0.4 is 4.74 Å². The molecule has 0 fully saturated rings. The van der Waals surface area contributed by atoms with Gasteiger partial charge in [-0.05, 0) is 19.1 Å². The van der Waals surface area contributed by atoms with Crippen LogP contribution in [0.15, 0.2) is 36.7 Å². The number of ether oxygens (including phenoxy) is 1. The summed E-state index contributed by atoms with van der Waals surface area (Å²) in [6.07, 6.45) is 3.80. The largest absolute Gasteiger partial charge is 0.493 e. The molecule has 0 saturated heterocycles. The summed E-state index contributed by atoms with van der Waals surface area (Å²) in [7, 11) is 0. The first kappa shape index (κ1) is 13.8. The maximum absolute atomic E-state index is 12.5. The molecule has 0 atom stereocenters. The summed E-state index contributed by atoms with van der Waals surface area (Å²) in [5.74, 6) is 1.79. The average Bonchev–Trinajstić information content (AvgIpc) is 2.95. The number of carbonyl (C=O) groups is 1. The molecular formula is C16H19N3O2. The Morgan fingerprint density at radius 2 is 2.19 bits per heavy atom. The number of rotatable bonds is 5. The van der Waals surface area contributed by atoms with E-state index in [-0.39, 0.29) is 5.78 Å². The number of hydrogen-bond acceptors (Lipinski definition) is 4. The molecule has 0 bridgehead atoms. The van der Waals surface area contributed by atoms with Crippen LogP contribution in [0.3, 0.4) is 0 Å². The van der Waals surface area contributed by atoms with Crippen LogP contribution in [-0.2, 0) is 13.1 Å². The van der Waals surface area contributed by atoms with Gasteiger partial charge in [0.25, 0.3) is 0 Å². The minimum absolute atomic E-state index is 0.0963. The number of aromatic nitrogens is 2. The van der Waals surface area contributed by atoms with Crippen molar-refractivity contribution < 1.29 is 9.53 Å². The second-order valence-electron chi connectivity index (χ2n) is 5.10. The maximum Gasteiger partial charge on any atom is 0.180 e. The predicted octanol–water partition coefficient (Wildman–Crippen LogP) is 1.98. The van der Waals surface area contributed by atoms with Gasteiger partial charge in [-0.15, -0.1) is 0 Å². The first-order valence-electron chi connectivity index (χ1n) is 7.25. The zero-order valence-corrected chi connectivity index (χ0v) is 12.2. The molecule has 2 aromatic rings. The lowest BCUT2D eigenvalue weighted by atomic mass is 10.1. The Morgan fingerprint density at radius 1 is 1.33 bits per heavy atom. The molecule has 0 aliphatic carbocycles. The lowest BCUT2D eigenvalue weighted by molar-refractivity contribution is 0.0904. The monoisotopic (exact) mass is 285 g/mol. The number of fused-ring (bicyclic) bond motifs is 1. The molecule has 21 heavy (non-hydrogen) atoms. The normalized spacial score (nSPS) is 14.7. The van der Waals surface area contributed by atoms with Gasteiger partial charge in [0, 0.05) is 25.5 Å². The highest BCUT2D eigenvalue weighted by Crippen LogP contribution is 2.20. The Kier molecular flexibility index (Phi) is 4.01. The van der Waals surface area contributed by atoms with Gasteiger partial charge in [-0.2, -0.15) is 0 Å². The molecule has 0 N–H and O–H groups in total. The summed E-state index contributed by atoms with van der Waals surface area (Å²) < 4.78 is 7.67. The van der Waals surface area contributed by atoms with Crippen LogP contribution in [0.5, 0.6) is 5.75 Å². The van der Waals surface area contributed by atoms with Gasteiger partial charge >= 0.3 is 0 Å². The van der Waals surface area contributed by atoms with Gasteiger partial charge in [-0.3, -0.25) is 9.69 Å². The molecular weight excluding hydrogens is 266 g/mol. The lowest BCUT2D eigenvalue weighted by Crippen LogP contribution is -2.37. The standard InChI is InChI=1S/C16H19N3O2/c1-2-21-15-6-4-3-5-13(15)14(20)11-18-9-10-19-8-7-17-16(19)12-18/h3-8H,2,9-12H2,1H3. The molecule has 2 heterocycles. The van der Waals surface area contributed by atoms with Crippen molar-refractivity contribution in [2.24, 2.45) is 0 Å².